The highest BCUT2D eigenvalue weighted by Gasteiger charge is 2.33. The number of rotatable bonds is 3. The third-order valence-corrected chi connectivity index (χ3v) is 5.36. The summed E-state index contributed by atoms with van der Waals surface area (Å²) in [5, 5.41) is 0. The van der Waals surface area contributed by atoms with Gasteiger partial charge in [0.15, 0.2) is 0 Å². The summed E-state index contributed by atoms with van der Waals surface area (Å²) in [6.07, 6.45) is 1.13. The molecule has 3 rings (SSSR count). The van der Waals surface area contributed by atoms with Gasteiger partial charge >= 0.3 is 0 Å². The van der Waals surface area contributed by atoms with E-state index < -0.39 is 0 Å². The van der Waals surface area contributed by atoms with Crippen molar-refractivity contribution in [3.8, 4) is 5.75 Å². The molecule has 2 unspecified atom stereocenters. The molecule has 0 radical (unpaired) electrons. The summed E-state index contributed by atoms with van der Waals surface area (Å²) in [7, 11) is 1.72. The number of benzene rings is 2. The van der Waals surface area contributed by atoms with Crippen molar-refractivity contribution in [2.24, 2.45) is 0 Å². The topological polar surface area (TPSA) is 9.23 Å². The third-order valence-electron chi connectivity index (χ3n) is 3.74. The summed E-state index contributed by atoms with van der Waals surface area (Å²) in [5.74, 6) is 1.47. The van der Waals surface area contributed by atoms with Crippen LogP contribution in [-0.2, 0) is 6.42 Å². The van der Waals surface area contributed by atoms with Crippen LogP contribution in [0, 0.1) is 0 Å². The molecule has 19 heavy (non-hydrogen) atoms. The molecule has 0 spiro atoms. The predicted molar refractivity (Wildman–Crippen MR) is 85.2 cm³/mol. The molecule has 2 aromatic carbocycles. The first kappa shape index (κ1) is 13.2. The molecule has 3 heteroatoms. The molecule has 2 aromatic rings. The maximum absolute atomic E-state index is 5.48. The molecule has 0 aliphatic heterocycles. The minimum absolute atomic E-state index is 0.287. The van der Waals surface area contributed by atoms with Crippen LogP contribution in [0.3, 0.4) is 0 Å². The van der Waals surface area contributed by atoms with Gasteiger partial charge in [0.25, 0.3) is 0 Å². The highest BCUT2D eigenvalue weighted by molar-refractivity contribution is 9.10. The molecule has 98 valence electrons. The second kappa shape index (κ2) is 5.29. The summed E-state index contributed by atoms with van der Waals surface area (Å²) in [5.41, 5.74) is 4.12. The van der Waals surface area contributed by atoms with E-state index in [9.17, 15) is 0 Å². The molecular formula is C16H14Br2O. The van der Waals surface area contributed by atoms with Gasteiger partial charge in [-0.15, -0.1) is 0 Å². The Morgan fingerprint density at radius 2 is 2.00 bits per heavy atom. The van der Waals surface area contributed by atoms with Crippen LogP contribution in [-0.4, -0.2) is 7.11 Å². The third kappa shape index (κ3) is 2.34. The van der Waals surface area contributed by atoms with Crippen molar-refractivity contribution in [2.75, 3.05) is 7.11 Å². The van der Waals surface area contributed by atoms with E-state index >= 15 is 0 Å². The summed E-state index contributed by atoms with van der Waals surface area (Å²) < 4.78 is 6.56. The lowest BCUT2D eigenvalue weighted by molar-refractivity contribution is 0.406. The number of methoxy groups -OCH3 is 1. The fraction of sp³-hybridized carbons (Fsp3) is 0.250. The molecule has 0 saturated heterocycles. The Labute approximate surface area is 130 Å². The first-order valence-electron chi connectivity index (χ1n) is 6.26. The summed E-state index contributed by atoms with van der Waals surface area (Å²) in [4.78, 5) is 0.287. The van der Waals surface area contributed by atoms with E-state index in [4.69, 9.17) is 4.74 Å². The van der Waals surface area contributed by atoms with Crippen LogP contribution in [0.5, 0.6) is 5.75 Å². The first-order chi connectivity index (χ1) is 9.20. The quantitative estimate of drug-likeness (QED) is 0.661. The SMILES string of the molecule is COc1ccc(Br)cc1C(Br)C1Cc2ccccc21. The van der Waals surface area contributed by atoms with E-state index in [0.29, 0.717) is 5.92 Å². The monoisotopic (exact) mass is 380 g/mol. The second-order valence-corrected chi connectivity index (χ2v) is 6.70. The van der Waals surface area contributed by atoms with E-state index in [-0.39, 0.29) is 4.83 Å². The number of ether oxygens (including phenoxy) is 1. The van der Waals surface area contributed by atoms with E-state index in [0.717, 1.165) is 16.6 Å². The van der Waals surface area contributed by atoms with Crippen LogP contribution in [0.15, 0.2) is 46.9 Å². The van der Waals surface area contributed by atoms with Gasteiger partial charge in [-0.3, -0.25) is 0 Å². The normalized spacial score (nSPS) is 18.4. The number of hydrogen-bond donors (Lipinski definition) is 0. The molecule has 0 N–H and O–H groups in total. The van der Waals surface area contributed by atoms with Gasteiger partial charge in [-0.1, -0.05) is 56.1 Å². The highest BCUT2D eigenvalue weighted by atomic mass is 79.9. The number of halogens is 2. The average Bonchev–Trinajstić information content (AvgIpc) is 2.40. The number of fused-ring (bicyclic) bond motifs is 1. The molecule has 0 amide bonds. The molecule has 0 saturated carbocycles. The first-order valence-corrected chi connectivity index (χ1v) is 7.97. The van der Waals surface area contributed by atoms with Crippen molar-refractivity contribution in [3.63, 3.8) is 0 Å². The number of hydrogen-bond acceptors (Lipinski definition) is 1. The van der Waals surface area contributed by atoms with E-state index in [2.05, 4.69) is 62.2 Å². The van der Waals surface area contributed by atoms with Crippen LogP contribution in [0.1, 0.15) is 27.4 Å². The smallest absolute Gasteiger partial charge is 0.123 e. The molecule has 0 bridgehead atoms. The van der Waals surface area contributed by atoms with Gasteiger partial charge in [0.2, 0.25) is 0 Å². The summed E-state index contributed by atoms with van der Waals surface area (Å²) in [6, 6.07) is 14.8. The zero-order chi connectivity index (χ0) is 13.4. The van der Waals surface area contributed by atoms with Crippen molar-refractivity contribution in [1.29, 1.82) is 0 Å². The highest BCUT2D eigenvalue weighted by Crippen LogP contribution is 2.50. The Kier molecular flexibility index (Phi) is 3.68. The second-order valence-electron chi connectivity index (χ2n) is 4.80. The standard InChI is InChI=1S/C16H14Br2O/c1-19-15-7-6-11(17)9-14(15)16(18)13-8-10-4-2-3-5-12(10)13/h2-7,9,13,16H,8H2,1H3. The zero-order valence-corrected chi connectivity index (χ0v) is 13.7. The van der Waals surface area contributed by atoms with Crippen LogP contribution < -0.4 is 4.74 Å². The summed E-state index contributed by atoms with van der Waals surface area (Å²) >= 11 is 7.40. The van der Waals surface area contributed by atoms with Gasteiger partial charge in [-0.05, 0) is 35.7 Å². The van der Waals surface area contributed by atoms with Gasteiger partial charge in [0.1, 0.15) is 5.75 Å². The fourth-order valence-electron chi connectivity index (χ4n) is 2.70. The molecule has 1 aliphatic rings. The molecule has 0 fully saturated rings. The van der Waals surface area contributed by atoms with Crippen LogP contribution >= 0.6 is 31.9 Å². The van der Waals surface area contributed by atoms with Gasteiger partial charge in [0, 0.05) is 16.0 Å². The molecule has 1 aliphatic carbocycles. The van der Waals surface area contributed by atoms with Gasteiger partial charge in [0.05, 0.1) is 11.9 Å². The Balaban J connectivity index is 1.94. The Morgan fingerprint density at radius 3 is 2.74 bits per heavy atom. The van der Waals surface area contributed by atoms with E-state index in [1.165, 1.54) is 16.7 Å². The molecule has 0 aromatic heterocycles. The molecule has 1 nitrogen and oxygen atoms in total. The van der Waals surface area contributed by atoms with Crippen molar-refractivity contribution < 1.29 is 4.74 Å². The van der Waals surface area contributed by atoms with Crippen molar-refractivity contribution in [1.82, 2.24) is 0 Å². The minimum atomic E-state index is 0.287. The van der Waals surface area contributed by atoms with Gasteiger partial charge < -0.3 is 4.74 Å². The maximum Gasteiger partial charge on any atom is 0.123 e. The van der Waals surface area contributed by atoms with E-state index in [1.54, 1.807) is 7.11 Å². The zero-order valence-electron chi connectivity index (χ0n) is 10.6. The minimum Gasteiger partial charge on any atom is -0.496 e. The lowest BCUT2D eigenvalue weighted by Crippen LogP contribution is -2.21. The van der Waals surface area contributed by atoms with Crippen LogP contribution in [0.25, 0.3) is 0 Å². The fourth-order valence-corrected chi connectivity index (χ4v) is 3.90. The Morgan fingerprint density at radius 1 is 1.21 bits per heavy atom. The molecule has 2 atom stereocenters. The average molecular weight is 382 g/mol. The maximum atomic E-state index is 5.48. The Hall–Kier alpha value is -0.800. The van der Waals surface area contributed by atoms with Crippen molar-refractivity contribution in [3.05, 3.63) is 63.6 Å². The van der Waals surface area contributed by atoms with Crippen LogP contribution in [0.2, 0.25) is 0 Å². The van der Waals surface area contributed by atoms with Crippen molar-refractivity contribution >= 4 is 31.9 Å². The predicted octanol–water partition coefficient (Wildman–Crippen LogP) is 5.23. The lowest BCUT2D eigenvalue weighted by atomic mass is 9.74. The Bertz CT molecular complexity index is 609. The largest absolute Gasteiger partial charge is 0.496 e. The summed E-state index contributed by atoms with van der Waals surface area (Å²) in [6.45, 7) is 0. The molecular weight excluding hydrogens is 368 g/mol. The van der Waals surface area contributed by atoms with Gasteiger partial charge in [-0.2, -0.15) is 0 Å². The van der Waals surface area contributed by atoms with Crippen LogP contribution in [0.4, 0.5) is 0 Å². The van der Waals surface area contributed by atoms with Crippen molar-refractivity contribution in [2.45, 2.75) is 17.2 Å². The molecule has 0 heterocycles. The van der Waals surface area contributed by atoms with Gasteiger partial charge in [-0.25, -0.2) is 0 Å². The lowest BCUT2D eigenvalue weighted by Gasteiger charge is -2.34. The van der Waals surface area contributed by atoms with E-state index in [1.807, 2.05) is 12.1 Å². The number of alkyl halides is 1.